The number of aryl methyl sites for hydroxylation is 1. The van der Waals surface area contributed by atoms with E-state index in [0.29, 0.717) is 0 Å². The highest BCUT2D eigenvalue weighted by atomic mass is 35.5. The lowest BCUT2D eigenvalue weighted by Gasteiger charge is -2.06. The third-order valence-electron chi connectivity index (χ3n) is 4.18. The molecule has 1 aliphatic rings. The van der Waals surface area contributed by atoms with Crippen LogP contribution < -0.4 is 4.80 Å². The molecule has 0 aliphatic heterocycles. The third kappa shape index (κ3) is 2.72. The summed E-state index contributed by atoms with van der Waals surface area (Å²) in [6.07, 6.45) is 2.01. The fourth-order valence-corrected chi connectivity index (χ4v) is 4.01. The Labute approximate surface area is 149 Å². The Bertz CT molecular complexity index is 998. The largest absolute Gasteiger partial charge is 0.261 e. The van der Waals surface area contributed by atoms with Gasteiger partial charge in [-0.15, -0.1) is 11.3 Å². The highest BCUT2D eigenvalue weighted by molar-refractivity contribution is 7.07. The molecule has 2 aromatic carbocycles. The molecule has 4 rings (SSSR count). The molecule has 24 heavy (non-hydrogen) atoms. The van der Waals surface area contributed by atoms with E-state index in [9.17, 15) is 0 Å². The van der Waals surface area contributed by atoms with Crippen molar-refractivity contribution in [1.82, 2.24) is 4.68 Å². The number of nitrogens with zero attached hydrogens (tertiary/aromatic N) is 3. The second-order valence-corrected chi connectivity index (χ2v) is 6.93. The van der Waals surface area contributed by atoms with E-state index < -0.39 is 0 Å². The van der Waals surface area contributed by atoms with E-state index in [-0.39, 0.29) is 0 Å². The first-order chi connectivity index (χ1) is 11.8. The Kier molecular flexibility index (Phi) is 4.08. The number of halogens is 1. The molecule has 0 atom stereocenters. The van der Waals surface area contributed by atoms with Crippen molar-refractivity contribution < 1.29 is 0 Å². The minimum absolute atomic E-state index is 0.721. The molecule has 0 unspecified atom stereocenters. The number of fused-ring (bicyclic) bond motifs is 1. The zero-order chi connectivity index (χ0) is 16.5. The van der Waals surface area contributed by atoms with Crippen LogP contribution in [0.4, 0.5) is 0 Å². The summed E-state index contributed by atoms with van der Waals surface area (Å²) >= 11 is 7.75. The molecule has 0 radical (unpaired) electrons. The zero-order valence-corrected chi connectivity index (χ0v) is 14.8. The van der Waals surface area contributed by atoms with Crippen LogP contribution in [0.25, 0.3) is 11.3 Å². The van der Waals surface area contributed by atoms with Crippen molar-refractivity contribution in [1.29, 1.82) is 0 Å². The van der Waals surface area contributed by atoms with Crippen LogP contribution in [0.15, 0.2) is 64.0 Å². The fourth-order valence-electron chi connectivity index (χ4n) is 3.03. The molecule has 0 bridgehead atoms. The van der Waals surface area contributed by atoms with Gasteiger partial charge < -0.3 is 0 Å². The topological polar surface area (TPSA) is 29.6 Å². The molecular weight excluding hydrogens is 338 g/mol. The highest BCUT2D eigenvalue weighted by Gasteiger charge is 2.18. The molecular formula is C19H16ClN3S. The van der Waals surface area contributed by atoms with Crippen LogP contribution in [0.5, 0.6) is 0 Å². The number of benzene rings is 2. The van der Waals surface area contributed by atoms with Gasteiger partial charge in [0.15, 0.2) is 0 Å². The van der Waals surface area contributed by atoms with Crippen LogP contribution in [0.2, 0.25) is 5.02 Å². The predicted octanol–water partition coefficient (Wildman–Crippen LogP) is 4.60. The van der Waals surface area contributed by atoms with Crippen molar-refractivity contribution in [3.63, 3.8) is 0 Å². The van der Waals surface area contributed by atoms with Gasteiger partial charge in [-0.05, 0) is 30.5 Å². The summed E-state index contributed by atoms with van der Waals surface area (Å²) in [5, 5.41) is 7.75. The van der Waals surface area contributed by atoms with Crippen molar-refractivity contribution in [2.45, 2.75) is 12.8 Å². The summed E-state index contributed by atoms with van der Waals surface area (Å²) in [6, 6.07) is 16.3. The van der Waals surface area contributed by atoms with Crippen molar-refractivity contribution in [3.8, 4) is 11.3 Å². The van der Waals surface area contributed by atoms with Crippen LogP contribution in [0, 0.1) is 0 Å². The number of hydrogen-bond donors (Lipinski definition) is 0. The molecule has 1 aliphatic carbocycles. The third-order valence-corrected chi connectivity index (χ3v) is 5.32. The summed E-state index contributed by atoms with van der Waals surface area (Å²) in [5.41, 5.74) is 5.79. The van der Waals surface area contributed by atoms with Crippen LogP contribution in [0.1, 0.15) is 17.5 Å². The molecule has 0 saturated heterocycles. The van der Waals surface area contributed by atoms with Crippen LogP contribution in [0.3, 0.4) is 0 Å². The fraction of sp³-hybridized carbons (Fsp3) is 0.158. The van der Waals surface area contributed by atoms with Crippen molar-refractivity contribution in [3.05, 3.63) is 74.9 Å². The van der Waals surface area contributed by atoms with E-state index in [0.717, 1.165) is 39.6 Å². The van der Waals surface area contributed by atoms with Gasteiger partial charge in [-0.3, -0.25) is 4.99 Å². The molecule has 0 spiro atoms. The SMILES string of the molecule is CN=c1scc(-c2cccc(Cl)c2)n1/N=C1/CCc2ccccc21. The van der Waals surface area contributed by atoms with Crippen molar-refractivity contribution in [2.75, 3.05) is 7.05 Å². The van der Waals surface area contributed by atoms with E-state index in [1.807, 2.05) is 28.9 Å². The smallest absolute Gasteiger partial charge is 0.205 e. The van der Waals surface area contributed by atoms with E-state index in [4.69, 9.17) is 16.7 Å². The summed E-state index contributed by atoms with van der Waals surface area (Å²) in [4.78, 5) is 5.26. The normalized spacial score (nSPS) is 15.9. The lowest BCUT2D eigenvalue weighted by molar-refractivity contribution is 0.837. The maximum absolute atomic E-state index is 6.16. The van der Waals surface area contributed by atoms with Crippen molar-refractivity contribution in [2.24, 2.45) is 10.1 Å². The highest BCUT2D eigenvalue weighted by Crippen LogP contribution is 2.26. The van der Waals surface area contributed by atoms with Crippen molar-refractivity contribution >= 4 is 28.6 Å². The molecule has 120 valence electrons. The number of thiazole rings is 1. The number of hydrogen-bond acceptors (Lipinski definition) is 3. The standard InChI is InChI=1S/C19H16ClN3S/c1-21-19-23(18(12-24-19)14-6-4-7-15(20)11-14)22-17-10-9-13-5-2-3-8-16(13)17/h2-8,11-12H,9-10H2,1H3/b21-19?,22-17-. The van der Waals surface area contributed by atoms with E-state index in [1.165, 1.54) is 11.1 Å². The van der Waals surface area contributed by atoms with Gasteiger partial charge in [-0.2, -0.15) is 5.10 Å². The lowest BCUT2D eigenvalue weighted by atomic mass is 10.1. The maximum Gasteiger partial charge on any atom is 0.205 e. The van der Waals surface area contributed by atoms with Gasteiger partial charge in [-0.25, -0.2) is 4.68 Å². The average molecular weight is 354 g/mol. The van der Waals surface area contributed by atoms with Gasteiger partial charge in [0.1, 0.15) is 0 Å². The molecule has 3 aromatic rings. The van der Waals surface area contributed by atoms with Crippen LogP contribution in [-0.2, 0) is 6.42 Å². The Morgan fingerprint density at radius 1 is 1.08 bits per heavy atom. The van der Waals surface area contributed by atoms with Gasteiger partial charge in [-0.1, -0.05) is 48.0 Å². The van der Waals surface area contributed by atoms with Crippen LogP contribution >= 0.6 is 22.9 Å². The van der Waals surface area contributed by atoms with Gasteiger partial charge in [0, 0.05) is 28.6 Å². The summed E-state index contributed by atoms with van der Waals surface area (Å²) in [5.74, 6) is 0. The Balaban J connectivity index is 1.88. The maximum atomic E-state index is 6.16. The molecule has 0 amide bonds. The second kappa shape index (κ2) is 6.38. The first-order valence-corrected chi connectivity index (χ1v) is 9.07. The van der Waals surface area contributed by atoms with Gasteiger partial charge in [0.2, 0.25) is 4.80 Å². The Hall–Kier alpha value is -2.17. The predicted molar refractivity (Wildman–Crippen MR) is 101 cm³/mol. The molecule has 5 heteroatoms. The molecule has 0 fully saturated rings. The number of aromatic nitrogens is 1. The molecule has 0 saturated carbocycles. The van der Waals surface area contributed by atoms with Gasteiger partial charge in [0.25, 0.3) is 0 Å². The first kappa shape index (κ1) is 15.4. The van der Waals surface area contributed by atoms with Crippen LogP contribution in [-0.4, -0.2) is 17.4 Å². The molecule has 1 aromatic heterocycles. The molecule has 1 heterocycles. The average Bonchev–Trinajstić information content (AvgIpc) is 3.20. The monoisotopic (exact) mass is 353 g/mol. The minimum atomic E-state index is 0.721. The minimum Gasteiger partial charge on any atom is -0.261 e. The summed E-state index contributed by atoms with van der Waals surface area (Å²) in [7, 11) is 1.80. The summed E-state index contributed by atoms with van der Waals surface area (Å²) < 4.78 is 1.94. The molecule has 3 nitrogen and oxygen atoms in total. The quantitative estimate of drug-likeness (QED) is 0.644. The zero-order valence-electron chi connectivity index (χ0n) is 13.2. The van der Waals surface area contributed by atoms with Gasteiger partial charge in [0.05, 0.1) is 11.4 Å². The molecule has 0 N–H and O–H groups in total. The Morgan fingerprint density at radius 3 is 2.79 bits per heavy atom. The first-order valence-electron chi connectivity index (χ1n) is 7.81. The lowest BCUT2D eigenvalue weighted by Crippen LogP contribution is -2.14. The van der Waals surface area contributed by atoms with E-state index in [2.05, 4.69) is 34.6 Å². The van der Waals surface area contributed by atoms with E-state index in [1.54, 1.807) is 18.4 Å². The van der Waals surface area contributed by atoms with Gasteiger partial charge >= 0.3 is 0 Å². The second-order valence-electron chi connectivity index (χ2n) is 5.65. The Morgan fingerprint density at radius 2 is 1.96 bits per heavy atom. The summed E-state index contributed by atoms with van der Waals surface area (Å²) in [6.45, 7) is 0. The number of rotatable bonds is 2. The van der Waals surface area contributed by atoms with E-state index >= 15 is 0 Å².